The summed E-state index contributed by atoms with van der Waals surface area (Å²) in [4.78, 5) is 4.61. The average molecular weight is 285 g/mol. The van der Waals surface area contributed by atoms with E-state index in [-0.39, 0.29) is 0 Å². The average Bonchev–Trinajstić information content (AvgIpc) is 2.97. The second kappa shape index (κ2) is 5.98. The Hall–Kier alpha value is -1.68. The third-order valence-electron chi connectivity index (χ3n) is 4.25. The number of hydrogen-bond donors (Lipinski definition) is 1. The van der Waals surface area contributed by atoms with E-state index < -0.39 is 0 Å². The summed E-state index contributed by atoms with van der Waals surface area (Å²) in [5.41, 5.74) is 2.35. The van der Waals surface area contributed by atoms with Crippen LogP contribution in [-0.4, -0.2) is 22.7 Å². The first-order valence-corrected chi connectivity index (χ1v) is 7.81. The topological polar surface area (TPSA) is 51.0 Å². The summed E-state index contributed by atoms with van der Waals surface area (Å²) in [6, 6.07) is 8.96. The number of rotatable bonds is 3. The highest BCUT2D eigenvalue weighted by Gasteiger charge is 2.25. The predicted octanol–water partition coefficient (Wildman–Crippen LogP) is 3.72. The van der Waals surface area contributed by atoms with E-state index in [1.165, 1.54) is 5.56 Å². The minimum absolute atomic E-state index is 0.387. The second-order valence-electron chi connectivity index (χ2n) is 6.31. The van der Waals surface area contributed by atoms with E-state index in [2.05, 4.69) is 60.5 Å². The molecule has 2 atom stereocenters. The molecule has 0 spiro atoms. The van der Waals surface area contributed by atoms with Crippen LogP contribution in [0.25, 0.3) is 11.4 Å². The molecule has 1 aromatic carbocycles. The fraction of sp³-hybridized carbons (Fsp3) is 0.529. The fourth-order valence-electron chi connectivity index (χ4n) is 2.89. The Morgan fingerprint density at radius 1 is 1.24 bits per heavy atom. The molecule has 1 aliphatic rings. The first-order valence-electron chi connectivity index (χ1n) is 7.81. The van der Waals surface area contributed by atoms with Crippen LogP contribution in [-0.2, 0) is 0 Å². The van der Waals surface area contributed by atoms with Crippen molar-refractivity contribution in [1.82, 2.24) is 15.5 Å². The molecule has 0 saturated carbocycles. The number of piperidine rings is 1. The molecular weight excluding hydrogens is 262 g/mol. The second-order valence-corrected chi connectivity index (χ2v) is 6.31. The van der Waals surface area contributed by atoms with Crippen molar-refractivity contribution in [3.8, 4) is 11.4 Å². The summed E-state index contributed by atoms with van der Waals surface area (Å²) in [6.45, 7) is 7.61. The van der Waals surface area contributed by atoms with Crippen molar-refractivity contribution in [3.05, 3.63) is 35.7 Å². The Kier molecular flexibility index (Phi) is 4.06. The summed E-state index contributed by atoms with van der Waals surface area (Å²) in [5, 5.41) is 7.60. The molecule has 2 unspecified atom stereocenters. The van der Waals surface area contributed by atoms with Gasteiger partial charge in [-0.3, -0.25) is 0 Å². The Morgan fingerprint density at radius 2 is 2.00 bits per heavy atom. The largest absolute Gasteiger partial charge is 0.339 e. The van der Waals surface area contributed by atoms with Crippen LogP contribution < -0.4 is 5.32 Å². The molecule has 4 nitrogen and oxygen atoms in total. The van der Waals surface area contributed by atoms with Crippen LogP contribution in [0.3, 0.4) is 0 Å². The smallest absolute Gasteiger partial charge is 0.230 e. The number of nitrogens with zero attached hydrogens (tertiary/aromatic N) is 2. The van der Waals surface area contributed by atoms with Crippen LogP contribution in [0, 0.1) is 0 Å². The first kappa shape index (κ1) is 14.3. The van der Waals surface area contributed by atoms with Crippen LogP contribution in [0.1, 0.15) is 56.9 Å². The highest BCUT2D eigenvalue weighted by atomic mass is 16.5. The van der Waals surface area contributed by atoms with Crippen molar-refractivity contribution in [2.45, 2.75) is 51.5 Å². The monoisotopic (exact) mass is 285 g/mol. The third kappa shape index (κ3) is 3.16. The van der Waals surface area contributed by atoms with Crippen LogP contribution in [0.2, 0.25) is 0 Å². The standard InChI is InChI=1S/C17H23N3O/c1-11(2)13-4-6-14(7-5-13)16-19-17(21-20-16)15-8-9-18-12(3)10-15/h4-7,11-12,15,18H,8-10H2,1-3H3. The molecule has 1 N–H and O–H groups in total. The van der Waals surface area contributed by atoms with Gasteiger partial charge < -0.3 is 9.84 Å². The van der Waals surface area contributed by atoms with Crippen LogP contribution >= 0.6 is 0 Å². The molecule has 3 rings (SSSR count). The van der Waals surface area contributed by atoms with E-state index in [9.17, 15) is 0 Å². The number of nitrogens with one attached hydrogen (secondary N) is 1. The number of aromatic nitrogens is 2. The third-order valence-corrected chi connectivity index (χ3v) is 4.25. The van der Waals surface area contributed by atoms with E-state index >= 15 is 0 Å². The maximum absolute atomic E-state index is 5.50. The van der Waals surface area contributed by atoms with Gasteiger partial charge in [0, 0.05) is 17.5 Å². The van der Waals surface area contributed by atoms with Gasteiger partial charge in [0.2, 0.25) is 11.7 Å². The van der Waals surface area contributed by atoms with E-state index in [0.29, 0.717) is 23.7 Å². The summed E-state index contributed by atoms with van der Waals surface area (Å²) in [6.07, 6.45) is 2.13. The van der Waals surface area contributed by atoms with Crippen molar-refractivity contribution in [3.63, 3.8) is 0 Å². The van der Waals surface area contributed by atoms with Gasteiger partial charge in [-0.1, -0.05) is 43.3 Å². The Balaban J connectivity index is 1.78. The lowest BCUT2D eigenvalue weighted by Crippen LogP contribution is -2.34. The van der Waals surface area contributed by atoms with Crippen LogP contribution in [0.15, 0.2) is 28.8 Å². The van der Waals surface area contributed by atoms with E-state index in [1.807, 2.05) is 0 Å². The highest BCUT2D eigenvalue weighted by Crippen LogP contribution is 2.28. The van der Waals surface area contributed by atoms with Gasteiger partial charge in [-0.15, -0.1) is 0 Å². The van der Waals surface area contributed by atoms with Crippen molar-refractivity contribution in [2.75, 3.05) is 6.54 Å². The van der Waals surface area contributed by atoms with Gasteiger partial charge in [0.05, 0.1) is 0 Å². The molecule has 4 heteroatoms. The lowest BCUT2D eigenvalue weighted by Gasteiger charge is -2.25. The molecule has 2 heterocycles. The zero-order valence-corrected chi connectivity index (χ0v) is 13.0. The van der Waals surface area contributed by atoms with Gasteiger partial charge in [0.25, 0.3) is 0 Å². The maximum atomic E-state index is 5.50. The molecule has 0 aliphatic carbocycles. The van der Waals surface area contributed by atoms with Crippen molar-refractivity contribution in [1.29, 1.82) is 0 Å². The van der Waals surface area contributed by atoms with Gasteiger partial charge in [0.1, 0.15) is 0 Å². The van der Waals surface area contributed by atoms with Crippen LogP contribution in [0.5, 0.6) is 0 Å². The lowest BCUT2D eigenvalue weighted by atomic mass is 9.93. The minimum Gasteiger partial charge on any atom is -0.339 e. The molecule has 112 valence electrons. The van der Waals surface area contributed by atoms with E-state index in [4.69, 9.17) is 4.52 Å². The number of benzene rings is 1. The van der Waals surface area contributed by atoms with Gasteiger partial charge in [-0.05, 0) is 37.8 Å². The van der Waals surface area contributed by atoms with Crippen molar-refractivity contribution in [2.24, 2.45) is 0 Å². The Morgan fingerprint density at radius 3 is 2.67 bits per heavy atom. The van der Waals surface area contributed by atoms with Gasteiger partial charge in [-0.25, -0.2) is 0 Å². The SMILES string of the molecule is CC1CC(c2nc(-c3ccc(C(C)C)cc3)no2)CCN1. The summed E-state index contributed by atoms with van der Waals surface area (Å²) >= 11 is 0. The van der Waals surface area contributed by atoms with Gasteiger partial charge in [-0.2, -0.15) is 4.98 Å². The quantitative estimate of drug-likeness (QED) is 0.934. The fourth-order valence-corrected chi connectivity index (χ4v) is 2.89. The van der Waals surface area contributed by atoms with Gasteiger partial charge in [0.15, 0.2) is 0 Å². The van der Waals surface area contributed by atoms with Crippen molar-refractivity contribution >= 4 is 0 Å². The molecule has 21 heavy (non-hydrogen) atoms. The molecular formula is C17H23N3O. The zero-order chi connectivity index (χ0) is 14.8. The molecule has 1 fully saturated rings. The highest BCUT2D eigenvalue weighted by molar-refractivity contribution is 5.54. The van der Waals surface area contributed by atoms with Gasteiger partial charge >= 0.3 is 0 Å². The molecule has 1 aliphatic heterocycles. The molecule has 2 aromatic rings. The number of hydrogen-bond acceptors (Lipinski definition) is 4. The van der Waals surface area contributed by atoms with Crippen LogP contribution in [0.4, 0.5) is 0 Å². The summed E-state index contributed by atoms with van der Waals surface area (Å²) in [7, 11) is 0. The Bertz CT molecular complexity index is 588. The van der Waals surface area contributed by atoms with E-state index in [1.54, 1.807) is 0 Å². The zero-order valence-electron chi connectivity index (χ0n) is 13.0. The molecule has 1 saturated heterocycles. The summed E-state index contributed by atoms with van der Waals surface area (Å²) in [5.74, 6) is 2.41. The normalized spacial score (nSPS) is 22.7. The molecule has 0 amide bonds. The predicted molar refractivity (Wildman–Crippen MR) is 83.3 cm³/mol. The molecule has 1 aromatic heterocycles. The van der Waals surface area contributed by atoms with E-state index in [0.717, 1.165) is 30.8 Å². The first-order chi connectivity index (χ1) is 10.1. The molecule has 0 bridgehead atoms. The minimum atomic E-state index is 0.387. The lowest BCUT2D eigenvalue weighted by molar-refractivity contribution is 0.295. The maximum Gasteiger partial charge on any atom is 0.230 e. The van der Waals surface area contributed by atoms with Crippen molar-refractivity contribution < 1.29 is 4.52 Å². The summed E-state index contributed by atoms with van der Waals surface area (Å²) < 4.78 is 5.50. The Labute approximate surface area is 126 Å². The molecule has 0 radical (unpaired) electrons.